The van der Waals surface area contributed by atoms with Gasteiger partial charge in [0, 0.05) is 18.9 Å². The molecule has 0 radical (unpaired) electrons. The number of aliphatic carboxylic acids is 2. The van der Waals surface area contributed by atoms with Crippen LogP contribution in [0.25, 0.3) is 0 Å². The molecular weight excluding hydrogens is 266 g/mol. The van der Waals surface area contributed by atoms with E-state index in [0.717, 1.165) is 11.1 Å². The second kappa shape index (κ2) is 7.07. The van der Waals surface area contributed by atoms with Crippen LogP contribution in [0.15, 0.2) is 18.5 Å². The summed E-state index contributed by atoms with van der Waals surface area (Å²) < 4.78 is 0. The van der Waals surface area contributed by atoms with Gasteiger partial charge in [0.15, 0.2) is 0 Å². The summed E-state index contributed by atoms with van der Waals surface area (Å²) in [5.41, 5.74) is 1.72. The molecule has 2 amide bonds. The minimum absolute atomic E-state index is 0.194. The maximum atomic E-state index is 11.5. The van der Waals surface area contributed by atoms with Gasteiger partial charge in [0.1, 0.15) is 6.04 Å². The van der Waals surface area contributed by atoms with E-state index in [1.54, 1.807) is 18.5 Å². The molecule has 0 aromatic carbocycles. The highest BCUT2D eigenvalue weighted by atomic mass is 16.4. The molecule has 0 saturated heterocycles. The molecule has 0 spiro atoms. The number of nitrogens with zero attached hydrogens (tertiary/aromatic N) is 1. The third kappa shape index (κ3) is 4.92. The smallest absolute Gasteiger partial charge is 0.326 e. The van der Waals surface area contributed by atoms with Crippen molar-refractivity contribution in [3.8, 4) is 0 Å². The van der Waals surface area contributed by atoms with Crippen molar-refractivity contribution in [1.29, 1.82) is 0 Å². The summed E-state index contributed by atoms with van der Waals surface area (Å²) in [6.07, 6.45) is 2.53. The lowest BCUT2D eigenvalue weighted by molar-refractivity contribution is -0.145. The fourth-order valence-electron chi connectivity index (χ4n) is 1.46. The number of pyridine rings is 1. The molecule has 1 aromatic rings. The lowest BCUT2D eigenvalue weighted by Crippen LogP contribution is -2.46. The molecule has 108 valence electrons. The standard InChI is InChI=1S/C12H15N3O5/c1-7-5-13-3-2-8(7)6-14-12(20)15-9(11(18)19)4-10(16)17/h2-3,5,9H,4,6H2,1H3,(H,16,17)(H,18,19)(H2,14,15,20)/t9-/m1/s1. The molecule has 4 N–H and O–H groups in total. The summed E-state index contributed by atoms with van der Waals surface area (Å²) in [5.74, 6) is -2.70. The number of carbonyl (C=O) groups excluding carboxylic acids is 1. The van der Waals surface area contributed by atoms with Gasteiger partial charge in [0.05, 0.1) is 6.42 Å². The molecule has 0 saturated carbocycles. The van der Waals surface area contributed by atoms with Gasteiger partial charge in [-0.15, -0.1) is 0 Å². The first-order chi connectivity index (χ1) is 9.40. The fourth-order valence-corrected chi connectivity index (χ4v) is 1.46. The van der Waals surface area contributed by atoms with Gasteiger partial charge < -0.3 is 20.8 Å². The molecule has 1 heterocycles. The van der Waals surface area contributed by atoms with Gasteiger partial charge in [-0.05, 0) is 24.1 Å². The molecule has 8 nitrogen and oxygen atoms in total. The lowest BCUT2D eigenvalue weighted by Gasteiger charge is -2.13. The molecule has 0 aliphatic heterocycles. The molecule has 1 aromatic heterocycles. The Labute approximate surface area is 114 Å². The SMILES string of the molecule is Cc1cnccc1CNC(=O)N[C@H](CC(=O)O)C(=O)O. The van der Waals surface area contributed by atoms with Crippen LogP contribution in [0.2, 0.25) is 0 Å². The van der Waals surface area contributed by atoms with E-state index < -0.39 is 30.4 Å². The highest BCUT2D eigenvalue weighted by Crippen LogP contribution is 2.04. The van der Waals surface area contributed by atoms with Crippen molar-refractivity contribution in [1.82, 2.24) is 15.6 Å². The number of hydrogen-bond acceptors (Lipinski definition) is 4. The zero-order valence-corrected chi connectivity index (χ0v) is 10.8. The van der Waals surface area contributed by atoms with Crippen molar-refractivity contribution < 1.29 is 24.6 Å². The Hall–Kier alpha value is -2.64. The van der Waals surface area contributed by atoms with Crippen LogP contribution in [0.5, 0.6) is 0 Å². The van der Waals surface area contributed by atoms with Crippen LogP contribution in [0.4, 0.5) is 4.79 Å². The Bertz CT molecular complexity index is 518. The minimum Gasteiger partial charge on any atom is -0.481 e. The van der Waals surface area contributed by atoms with Crippen molar-refractivity contribution in [3.63, 3.8) is 0 Å². The Morgan fingerprint density at radius 2 is 2.05 bits per heavy atom. The number of rotatable bonds is 6. The summed E-state index contributed by atoms with van der Waals surface area (Å²) >= 11 is 0. The summed E-state index contributed by atoms with van der Waals surface area (Å²) in [6, 6.07) is -0.484. The van der Waals surface area contributed by atoms with E-state index in [0.29, 0.717) is 0 Å². The van der Waals surface area contributed by atoms with Gasteiger partial charge in [-0.3, -0.25) is 9.78 Å². The molecule has 0 unspecified atom stereocenters. The Kier molecular flexibility index (Phi) is 5.45. The van der Waals surface area contributed by atoms with Gasteiger partial charge >= 0.3 is 18.0 Å². The van der Waals surface area contributed by atoms with E-state index in [-0.39, 0.29) is 6.54 Å². The minimum atomic E-state index is -1.47. The molecule has 1 rings (SSSR count). The second-order valence-corrected chi connectivity index (χ2v) is 4.12. The largest absolute Gasteiger partial charge is 0.481 e. The van der Waals surface area contributed by atoms with E-state index in [2.05, 4.69) is 15.6 Å². The van der Waals surface area contributed by atoms with Gasteiger partial charge in [0.2, 0.25) is 0 Å². The number of carbonyl (C=O) groups is 3. The molecule has 20 heavy (non-hydrogen) atoms. The van der Waals surface area contributed by atoms with Gasteiger partial charge in [-0.1, -0.05) is 0 Å². The topological polar surface area (TPSA) is 129 Å². The first-order valence-corrected chi connectivity index (χ1v) is 5.78. The van der Waals surface area contributed by atoms with Crippen molar-refractivity contribution in [2.75, 3.05) is 0 Å². The highest BCUT2D eigenvalue weighted by molar-refractivity contribution is 5.86. The lowest BCUT2D eigenvalue weighted by atomic mass is 10.1. The van der Waals surface area contributed by atoms with E-state index in [4.69, 9.17) is 10.2 Å². The monoisotopic (exact) mass is 281 g/mol. The van der Waals surface area contributed by atoms with Crippen molar-refractivity contribution in [2.45, 2.75) is 25.9 Å². The predicted molar refractivity (Wildman–Crippen MR) is 68.0 cm³/mol. The molecule has 0 aliphatic carbocycles. The zero-order valence-electron chi connectivity index (χ0n) is 10.8. The molecular formula is C12H15N3O5. The summed E-state index contributed by atoms with van der Waals surface area (Å²) in [7, 11) is 0. The van der Waals surface area contributed by atoms with Crippen molar-refractivity contribution in [3.05, 3.63) is 29.6 Å². The number of aryl methyl sites for hydroxylation is 1. The summed E-state index contributed by atoms with van der Waals surface area (Å²) in [5, 5.41) is 21.9. The van der Waals surface area contributed by atoms with Crippen LogP contribution in [-0.2, 0) is 16.1 Å². The van der Waals surface area contributed by atoms with Crippen LogP contribution in [0.1, 0.15) is 17.5 Å². The number of carboxylic acids is 2. The summed E-state index contributed by atoms with van der Waals surface area (Å²) in [6.45, 7) is 2.02. The third-order valence-electron chi connectivity index (χ3n) is 2.56. The van der Waals surface area contributed by atoms with Crippen molar-refractivity contribution in [2.24, 2.45) is 0 Å². The third-order valence-corrected chi connectivity index (χ3v) is 2.56. The Morgan fingerprint density at radius 3 is 2.60 bits per heavy atom. The van der Waals surface area contributed by atoms with E-state index in [1.165, 1.54) is 0 Å². The van der Waals surface area contributed by atoms with E-state index in [1.807, 2.05) is 6.92 Å². The molecule has 0 bridgehead atoms. The van der Waals surface area contributed by atoms with Crippen LogP contribution >= 0.6 is 0 Å². The quantitative estimate of drug-likeness (QED) is 0.586. The normalized spacial score (nSPS) is 11.4. The Balaban J connectivity index is 2.52. The van der Waals surface area contributed by atoms with Crippen LogP contribution in [0, 0.1) is 6.92 Å². The number of amides is 2. The molecule has 0 fully saturated rings. The van der Waals surface area contributed by atoms with Gasteiger partial charge in [-0.2, -0.15) is 0 Å². The number of urea groups is 1. The number of carboxylic acid groups (broad SMARTS) is 2. The highest BCUT2D eigenvalue weighted by Gasteiger charge is 2.22. The average Bonchev–Trinajstić information content (AvgIpc) is 2.36. The van der Waals surface area contributed by atoms with Gasteiger partial charge in [-0.25, -0.2) is 9.59 Å². The van der Waals surface area contributed by atoms with E-state index >= 15 is 0 Å². The fraction of sp³-hybridized carbons (Fsp3) is 0.333. The zero-order chi connectivity index (χ0) is 15.1. The number of nitrogens with one attached hydrogen (secondary N) is 2. The molecule has 0 aliphatic rings. The number of hydrogen-bond donors (Lipinski definition) is 4. The van der Waals surface area contributed by atoms with Crippen LogP contribution < -0.4 is 10.6 Å². The summed E-state index contributed by atoms with van der Waals surface area (Å²) in [4.78, 5) is 36.7. The molecule has 1 atom stereocenters. The second-order valence-electron chi connectivity index (χ2n) is 4.12. The maximum Gasteiger partial charge on any atom is 0.326 e. The maximum absolute atomic E-state index is 11.5. The molecule has 8 heteroatoms. The first kappa shape index (κ1) is 15.4. The van der Waals surface area contributed by atoms with Crippen molar-refractivity contribution >= 4 is 18.0 Å². The van der Waals surface area contributed by atoms with E-state index in [9.17, 15) is 14.4 Å². The average molecular weight is 281 g/mol. The first-order valence-electron chi connectivity index (χ1n) is 5.78. The van der Waals surface area contributed by atoms with Crippen LogP contribution in [-0.4, -0.2) is 39.2 Å². The van der Waals surface area contributed by atoms with Gasteiger partial charge in [0.25, 0.3) is 0 Å². The predicted octanol–water partition coefficient (Wildman–Crippen LogP) is 0.117. The Morgan fingerprint density at radius 1 is 1.35 bits per heavy atom. The number of aromatic nitrogens is 1. The van der Waals surface area contributed by atoms with Crippen LogP contribution in [0.3, 0.4) is 0 Å².